The smallest absolute Gasteiger partial charge is 0.351 e. The van der Waals surface area contributed by atoms with E-state index in [-0.39, 0.29) is 5.15 Å². The Morgan fingerprint density at radius 1 is 1.67 bits per heavy atom. The van der Waals surface area contributed by atoms with Crippen LogP contribution in [-0.2, 0) is 4.74 Å². The van der Waals surface area contributed by atoms with Crippen LogP contribution < -0.4 is 0 Å². The monoisotopic (exact) mass is 265 g/mol. The molecule has 0 radical (unpaired) electrons. The summed E-state index contributed by atoms with van der Waals surface area (Å²) in [6.45, 7) is 2.13. The molecule has 0 spiro atoms. The molecule has 3 nitrogen and oxygen atoms in total. The standard InChI is InChI=1S/C9H12ClNO2S2/c1-3-4-5-14-9-11-7(10)6(15-9)8(12)13-2/h3-5H2,1-2H3. The van der Waals surface area contributed by atoms with Gasteiger partial charge in [-0.25, -0.2) is 9.78 Å². The zero-order valence-corrected chi connectivity index (χ0v) is 11.0. The zero-order chi connectivity index (χ0) is 11.3. The van der Waals surface area contributed by atoms with Crippen LogP contribution in [-0.4, -0.2) is 23.8 Å². The number of hydrogen-bond donors (Lipinski definition) is 0. The molecule has 0 aliphatic heterocycles. The van der Waals surface area contributed by atoms with E-state index in [0.717, 1.165) is 22.9 Å². The number of nitrogens with zero attached hydrogens (tertiary/aromatic N) is 1. The second-order valence-electron chi connectivity index (χ2n) is 2.79. The number of rotatable bonds is 5. The van der Waals surface area contributed by atoms with E-state index in [1.54, 1.807) is 11.8 Å². The Balaban J connectivity index is 2.64. The summed E-state index contributed by atoms with van der Waals surface area (Å²) in [5.41, 5.74) is 0. The van der Waals surface area contributed by atoms with E-state index < -0.39 is 5.97 Å². The summed E-state index contributed by atoms with van der Waals surface area (Å²) < 4.78 is 5.42. The highest BCUT2D eigenvalue weighted by atomic mass is 35.5. The fourth-order valence-electron chi connectivity index (χ4n) is 0.867. The summed E-state index contributed by atoms with van der Waals surface area (Å²) >= 11 is 8.73. The van der Waals surface area contributed by atoms with Crippen LogP contribution in [0.15, 0.2) is 4.34 Å². The lowest BCUT2D eigenvalue weighted by atomic mass is 10.4. The molecule has 15 heavy (non-hydrogen) atoms. The second-order valence-corrected chi connectivity index (χ2v) is 5.49. The summed E-state index contributed by atoms with van der Waals surface area (Å²) in [7, 11) is 1.34. The van der Waals surface area contributed by atoms with Gasteiger partial charge in [-0.15, -0.1) is 0 Å². The molecule has 84 valence electrons. The van der Waals surface area contributed by atoms with Crippen molar-refractivity contribution in [2.45, 2.75) is 24.1 Å². The molecule has 1 aromatic heterocycles. The third-order valence-electron chi connectivity index (χ3n) is 1.66. The van der Waals surface area contributed by atoms with Crippen molar-refractivity contribution in [2.24, 2.45) is 0 Å². The van der Waals surface area contributed by atoms with Crippen LogP contribution in [0.4, 0.5) is 0 Å². The van der Waals surface area contributed by atoms with Crippen molar-refractivity contribution < 1.29 is 9.53 Å². The molecule has 1 heterocycles. The minimum Gasteiger partial charge on any atom is -0.465 e. The molecular weight excluding hydrogens is 254 g/mol. The van der Waals surface area contributed by atoms with Gasteiger partial charge in [0.25, 0.3) is 0 Å². The Hall–Kier alpha value is -0.260. The van der Waals surface area contributed by atoms with Crippen molar-refractivity contribution in [1.29, 1.82) is 0 Å². The largest absolute Gasteiger partial charge is 0.465 e. The molecule has 0 saturated carbocycles. The molecule has 0 bridgehead atoms. The van der Waals surface area contributed by atoms with E-state index in [2.05, 4.69) is 16.6 Å². The van der Waals surface area contributed by atoms with E-state index in [1.165, 1.54) is 18.4 Å². The van der Waals surface area contributed by atoms with Crippen molar-refractivity contribution in [3.63, 3.8) is 0 Å². The Kier molecular flexibility index (Phi) is 5.42. The molecule has 1 rings (SSSR count). The quantitative estimate of drug-likeness (QED) is 0.464. The number of aromatic nitrogens is 1. The van der Waals surface area contributed by atoms with E-state index in [9.17, 15) is 4.79 Å². The van der Waals surface area contributed by atoms with Crippen LogP contribution >= 0.6 is 34.7 Å². The minimum absolute atomic E-state index is 0.242. The highest BCUT2D eigenvalue weighted by Crippen LogP contribution is 2.31. The van der Waals surface area contributed by atoms with E-state index in [1.807, 2.05) is 0 Å². The Morgan fingerprint density at radius 2 is 2.40 bits per heavy atom. The first-order valence-corrected chi connectivity index (χ1v) is 6.74. The van der Waals surface area contributed by atoms with Gasteiger partial charge in [0.2, 0.25) is 0 Å². The van der Waals surface area contributed by atoms with Gasteiger partial charge in [-0.3, -0.25) is 0 Å². The first kappa shape index (κ1) is 12.8. The molecule has 1 aromatic rings. The van der Waals surface area contributed by atoms with Crippen LogP contribution in [0.1, 0.15) is 29.4 Å². The summed E-state index contributed by atoms with van der Waals surface area (Å²) in [5, 5.41) is 0.242. The van der Waals surface area contributed by atoms with Gasteiger partial charge >= 0.3 is 5.97 Å². The van der Waals surface area contributed by atoms with Crippen molar-refractivity contribution in [2.75, 3.05) is 12.9 Å². The number of thioether (sulfide) groups is 1. The van der Waals surface area contributed by atoms with Crippen LogP contribution in [0, 0.1) is 0 Å². The first-order valence-electron chi connectivity index (χ1n) is 4.56. The molecular formula is C9H12ClNO2S2. The molecule has 6 heteroatoms. The molecule has 0 atom stereocenters. The molecule has 0 aromatic carbocycles. The molecule has 0 aliphatic carbocycles. The molecule has 0 unspecified atom stereocenters. The van der Waals surface area contributed by atoms with E-state index in [0.29, 0.717) is 4.88 Å². The predicted octanol–water partition coefficient (Wildman–Crippen LogP) is 3.48. The normalized spacial score (nSPS) is 10.3. The molecule has 0 aliphatic rings. The van der Waals surface area contributed by atoms with Crippen LogP contribution in [0.3, 0.4) is 0 Å². The zero-order valence-electron chi connectivity index (χ0n) is 8.58. The van der Waals surface area contributed by atoms with Crippen molar-refractivity contribution in [1.82, 2.24) is 4.98 Å². The van der Waals surface area contributed by atoms with E-state index in [4.69, 9.17) is 11.6 Å². The van der Waals surface area contributed by atoms with Crippen LogP contribution in [0.5, 0.6) is 0 Å². The Bertz CT molecular complexity index is 341. The van der Waals surface area contributed by atoms with Gasteiger partial charge in [-0.05, 0) is 6.42 Å². The van der Waals surface area contributed by atoms with Gasteiger partial charge < -0.3 is 4.74 Å². The second kappa shape index (κ2) is 6.35. The van der Waals surface area contributed by atoms with Gasteiger partial charge in [0.05, 0.1) is 7.11 Å². The number of esters is 1. The van der Waals surface area contributed by atoms with Crippen molar-refractivity contribution in [3.8, 4) is 0 Å². The average molecular weight is 266 g/mol. The number of methoxy groups -OCH3 is 1. The Morgan fingerprint density at radius 3 is 3.00 bits per heavy atom. The molecule has 0 amide bonds. The number of ether oxygens (including phenoxy) is 1. The lowest BCUT2D eigenvalue weighted by molar-refractivity contribution is 0.0606. The lowest BCUT2D eigenvalue weighted by Crippen LogP contribution is -1.98. The van der Waals surface area contributed by atoms with Gasteiger partial charge in [0, 0.05) is 5.75 Å². The average Bonchev–Trinajstić information content (AvgIpc) is 2.59. The van der Waals surface area contributed by atoms with Crippen LogP contribution in [0.25, 0.3) is 0 Å². The highest BCUT2D eigenvalue weighted by molar-refractivity contribution is 8.01. The predicted molar refractivity (Wildman–Crippen MR) is 64.1 cm³/mol. The Labute approximate surface area is 102 Å². The molecule has 0 fully saturated rings. The topological polar surface area (TPSA) is 39.2 Å². The van der Waals surface area contributed by atoms with Crippen LogP contribution in [0.2, 0.25) is 5.15 Å². The fourth-order valence-corrected chi connectivity index (χ4v) is 3.35. The first-order chi connectivity index (χ1) is 7.19. The highest BCUT2D eigenvalue weighted by Gasteiger charge is 2.17. The number of halogens is 1. The van der Waals surface area contributed by atoms with E-state index >= 15 is 0 Å². The summed E-state index contributed by atoms with van der Waals surface area (Å²) in [5.74, 6) is 0.584. The van der Waals surface area contributed by atoms with Gasteiger partial charge in [0.1, 0.15) is 0 Å². The number of unbranched alkanes of at least 4 members (excludes halogenated alkanes) is 1. The van der Waals surface area contributed by atoms with Gasteiger partial charge in [-0.2, -0.15) is 0 Å². The molecule has 0 saturated heterocycles. The number of thiazole rings is 1. The number of carbonyl (C=O) groups is 1. The maximum absolute atomic E-state index is 11.2. The maximum Gasteiger partial charge on any atom is 0.351 e. The summed E-state index contributed by atoms with van der Waals surface area (Å²) in [6, 6.07) is 0. The third-order valence-corrected chi connectivity index (χ3v) is 4.31. The lowest BCUT2D eigenvalue weighted by Gasteiger charge is -1.93. The van der Waals surface area contributed by atoms with Gasteiger partial charge in [0.15, 0.2) is 14.4 Å². The number of carbonyl (C=O) groups excluding carboxylic acids is 1. The third kappa shape index (κ3) is 3.66. The van der Waals surface area contributed by atoms with Crippen molar-refractivity contribution >= 4 is 40.7 Å². The SMILES string of the molecule is CCCCSc1nc(Cl)c(C(=O)OC)s1. The number of hydrogen-bond acceptors (Lipinski definition) is 5. The minimum atomic E-state index is -0.417. The van der Waals surface area contributed by atoms with Crippen molar-refractivity contribution in [3.05, 3.63) is 10.0 Å². The summed E-state index contributed by atoms with van der Waals surface area (Å²) in [4.78, 5) is 15.7. The van der Waals surface area contributed by atoms with Gasteiger partial charge in [-0.1, -0.05) is 48.0 Å². The summed E-state index contributed by atoms with van der Waals surface area (Å²) in [6.07, 6.45) is 2.28. The fraction of sp³-hybridized carbons (Fsp3) is 0.556. The maximum atomic E-state index is 11.2. The molecule has 0 N–H and O–H groups in total.